The number of nitrogens with one attached hydrogen (secondary N) is 1. The van der Waals surface area contributed by atoms with Crippen LogP contribution >= 0.6 is 12.4 Å². The number of hydrogen-bond acceptors (Lipinski definition) is 1. The molecule has 1 unspecified atom stereocenters. The van der Waals surface area contributed by atoms with Crippen LogP contribution in [0.1, 0.15) is 28.3 Å². The van der Waals surface area contributed by atoms with E-state index < -0.39 is 0 Å². The van der Waals surface area contributed by atoms with E-state index in [0.29, 0.717) is 6.04 Å². The number of aromatic amines is 1. The Bertz CT molecular complexity index is 853. The van der Waals surface area contributed by atoms with E-state index >= 15 is 0 Å². The van der Waals surface area contributed by atoms with Crippen molar-refractivity contribution in [1.82, 2.24) is 9.88 Å². The van der Waals surface area contributed by atoms with E-state index in [1.165, 1.54) is 22.3 Å². The van der Waals surface area contributed by atoms with Gasteiger partial charge in [-0.25, -0.2) is 0 Å². The lowest BCUT2D eigenvalue weighted by atomic mass is 9.78. The molecule has 0 spiro atoms. The van der Waals surface area contributed by atoms with E-state index in [2.05, 4.69) is 70.8 Å². The molecule has 0 fully saturated rings. The van der Waals surface area contributed by atoms with E-state index in [1.807, 2.05) is 0 Å². The molecular weight excluding hydrogens is 316 g/mol. The van der Waals surface area contributed by atoms with Crippen molar-refractivity contribution >= 4 is 12.4 Å². The molecule has 1 N–H and O–H groups in total. The largest absolute Gasteiger partial charge is 0.367 e. The van der Waals surface area contributed by atoms with Gasteiger partial charge in [0.15, 0.2) is 0 Å². The molecule has 24 heavy (non-hydrogen) atoms. The number of benzene rings is 2. The topological polar surface area (TPSA) is 19.0 Å². The maximum absolute atomic E-state index is 3.31. The van der Waals surface area contributed by atoms with Gasteiger partial charge in [0.05, 0.1) is 0 Å². The van der Waals surface area contributed by atoms with Crippen LogP contribution in [0.2, 0.25) is 0 Å². The highest BCUT2D eigenvalue weighted by molar-refractivity contribution is 5.85. The molecule has 2 aliphatic rings. The number of aromatic nitrogens is 1. The summed E-state index contributed by atoms with van der Waals surface area (Å²) in [5.74, 6) is 0. The SMILES string of the molecule is Cl.c1ccc(CN2CCc3cccc4c3C2Cc2c[nH]cc2-4)cc1. The minimum Gasteiger partial charge on any atom is -0.367 e. The Labute approximate surface area is 148 Å². The van der Waals surface area contributed by atoms with Crippen LogP contribution in [0.15, 0.2) is 60.9 Å². The van der Waals surface area contributed by atoms with Gasteiger partial charge in [-0.3, -0.25) is 4.90 Å². The van der Waals surface area contributed by atoms with Crippen molar-refractivity contribution in [2.24, 2.45) is 0 Å². The quantitative estimate of drug-likeness (QED) is 0.715. The third kappa shape index (κ3) is 2.38. The lowest BCUT2D eigenvalue weighted by Gasteiger charge is -2.41. The molecule has 5 rings (SSSR count). The van der Waals surface area contributed by atoms with Crippen LogP contribution in [0.3, 0.4) is 0 Å². The first-order chi connectivity index (χ1) is 11.4. The molecule has 0 bridgehead atoms. The minimum absolute atomic E-state index is 0. The van der Waals surface area contributed by atoms with Crippen LogP contribution in [-0.4, -0.2) is 16.4 Å². The van der Waals surface area contributed by atoms with Crippen molar-refractivity contribution in [2.75, 3.05) is 6.54 Å². The van der Waals surface area contributed by atoms with Gasteiger partial charge in [-0.05, 0) is 40.7 Å². The van der Waals surface area contributed by atoms with Crippen LogP contribution in [0.4, 0.5) is 0 Å². The maximum Gasteiger partial charge on any atom is 0.0401 e. The number of rotatable bonds is 2. The molecule has 2 nitrogen and oxygen atoms in total. The average molecular weight is 337 g/mol. The molecule has 0 saturated carbocycles. The monoisotopic (exact) mass is 336 g/mol. The molecule has 1 aliphatic heterocycles. The molecule has 0 radical (unpaired) electrons. The van der Waals surface area contributed by atoms with Crippen molar-refractivity contribution in [2.45, 2.75) is 25.4 Å². The van der Waals surface area contributed by atoms with Crippen molar-refractivity contribution in [1.29, 1.82) is 0 Å². The van der Waals surface area contributed by atoms with Gasteiger partial charge in [0.25, 0.3) is 0 Å². The van der Waals surface area contributed by atoms with Gasteiger partial charge in [-0.1, -0.05) is 48.5 Å². The summed E-state index contributed by atoms with van der Waals surface area (Å²) in [7, 11) is 0. The fraction of sp³-hybridized carbons (Fsp3) is 0.238. The van der Waals surface area contributed by atoms with E-state index in [-0.39, 0.29) is 12.4 Å². The van der Waals surface area contributed by atoms with Crippen molar-refractivity contribution in [3.8, 4) is 11.1 Å². The Morgan fingerprint density at radius 2 is 1.79 bits per heavy atom. The molecule has 0 saturated heterocycles. The lowest BCUT2D eigenvalue weighted by molar-refractivity contribution is 0.174. The average Bonchev–Trinajstić information content (AvgIpc) is 3.07. The highest BCUT2D eigenvalue weighted by atomic mass is 35.5. The zero-order valence-corrected chi connectivity index (χ0v) is 14.4. The predicted molar refractivity (Wildman–Crippen MR) is 100 cm³/mol. The van der Waals surface area contributed by atoms with Gasteiger partial charge in [0, 0.05) is 37.1 Å². The molecule has 3 aromatic rings. The van der Waals surface area contributed by atoms with Crippen LogP contribution in [0, 0.1) is 0 Å². The summed E-state index contributed by atoms with van der Waals surface area (Å²) in [6, 6.07) is 18.2. The first-order valence-corrected chi connectivity index (χ1v) is 8.46. The van der Waals surface area contributed by atoms with E-state index in [9.17, 15) is 0 Å². The van der Waals surface area contributed by atoms with Gasteiger partial charge in [-0.2, -0.15) is 0 Å². The molecule has 0 amide bonds. The number of nitrogens with zero attached hydrogens (tertiary/aromatic N) is 1. The summed E-state index contributed by atoms with van der Waals surface area (Å²) in [5, 5.41) is 0. The Hall–Kier alpha value is -2.03. The number of halogens is 1. The Morgan fingerprint density at radius 1 is 0.917 bits per heavy atom. The summed E-state index contributed by atoms with van der Waals surface area (Å²) in [6.45, 7) is 2.19. The van der Waals surface area contributed by atoms with Crippen LogP contribution in [0.25, 0.3) is 11.1 Å². The normalized spacial score (nSPS) is 18.4. The Balaban J connectivity index is 0.00000146. The fourth-order valence-corrected chi connectivity index (χ4v) is 4.32. The third-order valence-corrected chi connectivity index (χ3v) is 5.40. The van der Waals surface area contributed by atoms with Gasteiger partial charge < -0.3 is 4.98 Å². The van der Waals surface area contributed by atoms with Gasteiger partial charge in [0.1, 0.15) is 0 Å². The van der Waals surface area contributed by atoms with Gasteiger partial charge in [-0.15, -0.1) is 12.4 Å². The second kappa shape index (κ2) is 6.12. The summed E-state index contributed by atoms with van der Waals surface area (Å²) < 4.78 is 0. The zero-order valence-electron chi connectivity index (χ0n) is 13.5. The standard InChI is InChI=1S/C21H20N2.ClH/c1-2-5-15(6-3-1)14-23-10-9-16-7-4-8-18-19-13-22-12-17(19)11-20(23)21(16)18;/h1-8,12-13,20,22H,9-11,14H2;1H. The second-order valence-electron chi connectivity index (χ2n) is 6.70. The van der Waals surface area contributed by atoms with Gasteiger partial charge >= 0.3 is 0 Å². The summed E-state index contributed by atoms with van der Waals surface area (Å²) in [5.41, 5.74) is 8.82. The predicted octanol–water partition coefficient (Wildman–Crippen LogP) is 4.76. The summed E-state index contributed by atoms with van der Waals surface area (Å²) >= 11 is 0. The zero-order chi connectivity index (χ0) is 15.2. The molecular formula is C21H21ClN2. The smallest absolute Gasteiger partial charge is 0.0401 e. The minimum atomic E-state index is 0. The van der Waals surface area contributed by atoms with E-state index in [4.69, 9.17) is 0 Å². The highest BCUT2D eigenvalue weighted by Gasteiger charge is 2.34. The van der Waals surface area contributed by atoms with Crippen molar-refractivity contribution < 1.29 is 0 Å². The van der Waals surface area contributed by atoms with Crippen molar-refractivity contribution in [3.63, 3.8) is 0 Å². The van der Waals surface area contributed by atoms with Crippen LogP contribution in [0.5, 0.6) is 0 Å². The molecule has 2 heterocycles. The lowest BCUT2D eigenvalue weighted by Crippen LogP contribution is -2.37. The first kappa shape index (κ1) is 15.5. The maximum atomic E-state index is 3.31. The highest BCUT2D eigenvalue weighted by Crippen LogP contribution is 2.45. The molecule has 1 atom stereocenters. The molecule has 3 heteroatoms. The fourth-order valence-electron chi connectivity index (χ4n) is 4.32. The number of hydrogen-bond donors (Lipinski definition) is 1. The number of fused-ring (bicyclic) bond motifs is 2. The van der Waals surface area contributed by atoms with Crippen LogP contribution in [-0.2, 0) is 19.4 Å². The molecule has 1 aliphatic carbocycles. The third-order valence-electron chi connectivity index (χ3n) is 5.40. The van der Waals surface area contributed by atoms with E-state index in [0.717, 1.165) is 25.9 Å². The first-order valence-electron chi connectivity index (χ1n) is 8.46. The van der Waals surface area contributed by atoms with Crippen LogP contribution < -0.4 is 0 Å². The number of H-pyrrole nitrogens is 1. The summed E-state index contributed by atoms with van der Waals surface area (Å²) in [4.78, 5) is 5.98. The Morgan fingerprint density at radius 3 is 2.67 bits per heavy atom. The molecule has 2 aromatic carbocycles. The second-order valence-corrected chi connectivity index (χ2v) is 6.70. The van der Waals surface area contributed by atoms with Gasteiger partial charge in [0.2, 0.25) is 0 Å². The summed E-state index contributed by atoms with van der Waals surface area (Å²) in [6.07, 6.45) is 6.62. The van der Waals surface area contributed by atoms with Crippen molar-refractivity contribution in [3.05, 3.63) is 83.2 Å². The van der Waals surface area contributed by atoms with E-state index in [1.54, 1.807) is 11.1 Å². The molecule has 122 valence electrons. The Kier molecular flexibility index (Phi) is 3.95. The molecule has 1 aromatic heterocycles.